The van der Waals surface area contributed by atoms with E-state index in [0.717, 1.165) is 37.6 Å². The fourth-order valence-corrected chi connectivity index (χ4v) is 2.31. The van der Waals surface area contributed by atoms with Crippen molar-refractivity contribution in [3.05, 3.63) is 40.2 Å². The van der Waals surface area contributed by atoms with E-state index in [4.69, 9.17) is 9.15 Å². The van der Waals surface area contributed by atoms with E-state index in [-0.39, 0.29) is 0 Å². The van der Waals surface area contributed by atoms with Crippen LogP contribution in [-0.4, -0.2) is 18.1 Å². The van der Waals surface area contributed by atoms with Crippen LogP contribution in [0.25, 0.3) is 0 Å². The number of aryl methyl sites for hydroxylation is 1. The molecule has 0 radical (unpaired) electrons. The van der Waals surface area contributed by atoms with Gasteiger partial charge in [0.05, 0.1) is 17.5 Å². The zero-order chi connectivity index (χ0) is 12.6. The van der Waals surface area contributed by atoms with E-state index < -0.39 is 0 Å². The van der Waals surface area contributed by atoms with Gasteiger partial charge in [-0.25, -0.2) is 4.98 Å². The van der Waals surface area contributed by atoms with Crippen molar-refractivity contribution in [1.82, 2.24) is 10.3 Å². The molecule has 0 aliphatic rings. The quantitative estimate of drug-likeness (QED) is 0.746. The third-order valence-corrected chi connectivity index (χ3v) is 3.53. The van der Waals surface area contributed by atoms with Gasteiger partial charge in [0.25, 0.3) is 0 Å². The highest BCUT2D eigenvalue weighted by Gasteiger charge is 2.00. The number of nitrogens with zero attached hydrogens (tertiary/aromatic N) is 1. The van der Waals surface area contributed by atoms with Crippen molar-refractivity contribution in [3.8, 4) is 0 Å². The molecule has 2 heterocycles. The van der Waals surface area contributed by atoms with Crippen molar-refractivity contribution in [1.29, 1.82) is 0 Å². The first-order valence-corrected chi connectivity index (χ1v) is 6.94. The molecule has 0 aliphatic carbocycles. The van der Waals surface area contributed by atoms with E-state index in [1.807, 2.05) is 24.6 Å². The molecule has 0 aromatic carbocycles. The molecule has 98 valence electrons. The Hall–Kier alpha value is -1.17. The maximum absolute atomic E-state index is 5.50. The van der Waals surface area contributed by atoms with Gasteiger partial charge < -0.3 is 14.5 Å². The second-order valence-corrected chi connectivity index (χ2v) is 4.96. The van der Waals surface area contributed by atoms with Crippen LogP contribution in [0.2, 0.25) is 0 Å². The van der Waals surface area contributed by atoms with E-state index in [2.05, 4.69) is 10.3 Å². The molecule has 18 heavy (non-hydrogen) atoms. The highest BCUT2D eigenvalue weighted by molar-refractivity contribution is 7.09. The summed E-state index contributed by atoms with van der Waals surface area (Å²) in [5, 5.41) is 3.39. The van der Waals surface area contributed by atoms with Crippen LogP contribution in [0.3, 0.4) is 0 Å². The van der Waals surface area contributed by atoms with E-state index >= 15 is 0 Å². The van der Waals surface area contributed by atoms with Gasteiger partial charge in [-0.05, 0) is 32.0 Å². The monoisotopic (exact) mass is 266 g/mol. The smallest absolute Gasteiger partial charge is 0.129 e. The Morgan fingerprint density at radius 3 is 3.17 bits per heavy atom. The molecule has 0 aliphatic heterocycles. The van der Waals surface area contributed by atoms with Gasteiger partial charge in [-0.2, -0.15) is 0 Å². The second kappa shape index (κ2) is 7.31. The van der Waals surface area contributed by atoms with Crippen LogP contribution in [0, 0.1) is 6.92 Å². The second-order valence-electron chi connectivity index (χ2n) is 4.02. The number of rotatable bonds is 8. The number of nitrogens with one attached hydrogen (secondary N) is 1. The minimum absolute atomic E-state index is 0.557. The summed E-state index contributed by atoms with van der Waals surface area (Å²) in [6.07, 6.45) is 2.66. The minimum atomic E-state index is 0.557. The molecule has 0 atom stereocenters. The molecule has 4 nitrogen and oxygen atoms in total. The van der Waals surface area contributed by atoms with E-state index in [0.29, 0.717) is 6.61 Å². The molecule has 2 aromatic rings. The van der Waals surface area contributed by atoms with E-state index in [1.54, 1.807) is 17.6 Å². The molecule has 1 N–H and O–H groups in total. The van der Waals surface area contributed by atoms with E-state index in [1.165, 1.54) is 4.88 Å². The zero-order valence-electron chi connectivity index (χ0n) is 10.5. The van der Waals surface area contributed by atoms with Crippen LogP contribution in [0.4, 0.5) is 0 Å². The fraction of sp³-hybridized carbons (Fsp3) is 0.462. The summed E-state index contributed by atoms with van der Waals surface area (Å²) in [4.78, 5) is 5.53. The van der Waals surface area contributed by atoms with Crippen molar-refractivity contribution in [2.75, 3.05) is 13.2 Å². The highest BCUT2D eigenvalue weighted by atomic mass is 32.1. The molecule has 0 amide bonds. The number of hydrogen-bond donors (Lipinski definition) is 1. The molecule has 0 fully saturated rings. The Balaban J connectivity index is 1.48. The molecule has 0 saturated carbocycles. The number of aromatic nitrogens is 1. The Morgan fingerprint density at radius 2 is 2.44 bits per heavy atom. The Morgan fingerprint density at radius 1 is 1.50 bits per heavy atom. The lowest BCUT2D eigenvalue weighted by molar-refractivity contribution is 0.104. The van der Waals surface area contributed by atoms with Crippen LogP contribution in [-0.2, 0) is 17.9 Å². The van der Waals surface area contributed by atoms with Crippen LogP contribution in [0.1, 0.15) is 22.8 Å². The largest absolute Gasteiger partial charge is 0.467 e. The zero-order valence-corrected chi connectivity index (χ0v) is 11.3. The molecule has 0 bridgehead atoms. The molecule has 0 spiro atoms. The summed E-state index contributed by atoms with van der Waals surface area (Å²) in [7, 11) is 0. The molecular weight excluding hydrogens is 248 g/mol. The normalized spacial score (nSPS) is 10.9. The molecule has 2 rings (SSSR count). The summed E-state index contributed by atoms with van der Waals surface area (Å²) >= 11 is 1.70. The third kappa shape index (κ3) is 4.25. The standard InChI is InChI=1S/C13H18N2O2S/c1-11-13(18-10-15-11)8-14-5-3-6-16-9-12-4-2-7-17-12/h2,4,7,10,14H,3,5-6,8-9H2,1H3. The van der Waals surface area contributed by atoms with Gasteiger partial charge in [0.1, 0.15) is 12.4 Å². The molecular formula is C13H18N2O2S. The van der Waals surface area contributed by atoms with Crippen molar-refractivity contribution in [3.63, 3.8) is 0 Å². The van der Waals surface area contributed by atoms with Gasteiger partial charge in [0, 0.05) is 18.0 Å². The molecule has 5 heteroatoms. The first-order chi connectivity index (χ1) is 8.86. The first kappa shape index (κ1) is 13.3. The maximum atomic E-state index is 5.50. The Bertz CT molecular complexity index is 440. The average molecular weight is 266 g/mol. The minimum Gasteiger partial charge on any atom is -0.467 e. The molecule has 0 saturated heterocycles. The third-order valence-electron chi connectivity index (χ3n) is 2.60. The highest BCUT2D eigenvalue weighted by Crippen LogP contribution is 2.10. The topological polar surface area (TPSA) is 47.3 Å². The van der Waals surface area contributed by atoms with Crippen molar-refractivity contribution in [2.45, 2.75) is 26.5 Å². The average Bonchev–Trinajstić information content (AvgIpc) is 3.00. The van der Waals surface area contributed by atoms with Crippen LogP contribution < -0.4 is 5.32 Å². The summed E-state index contributed by atoms with van der Waals surface area (Å²) in [5.74, 6) is 0.878. The predicted molar refractivity (Wildman–Crippen MR) is 71.5 cm³/mol. The number of furan rings is 1. The van der Waals surface area contributed by atoms with Crippen molar-refractivity contribution < 1.29 is 9.15 Å². The summed E-state index contributed by atoms with van der Waals surface area (Å²) in [5.41, 5.74) is 3.01. The molecule has 0 unspecified atom stereocenters. The maximum Gasteiger partial charge on any atom is 0.129 e. The van der Waals surface area contributed by atoms with Crippen molar-refractivity contribution in [2.24, 2.45) is 0 Å². The summed E-state index contributed by atoms with van der Waals surface area (Å²) < 4.78 is 10.7. The van der Waals surface area contributed by atoms with Gasteiger partial charge >= 0.3 is 0 Å². The first-order valence-electron chi connectivity index (χ1n) is 6.06. The lowest BCUT2D eigenvalue weighted by Gasteiger charge is -2.04. The van der Waals surface area contributed by atoms with Gasteiger partial charge in [-0.1, -0.05) is 0 Å². The predicted octanol–water partition coefficient (Wildman–Crippen LogP) is 2.74. The molecule has 2 aromatic heterocycles. The number of thiazole rings is 1. The Kier molecular flexibility index (Phi) is 5.38. The number of ether oxygens (including phenoxy) is 1. The lowest BCUT2D eigenvalue weighted by Crippen LogP contribution is -2.16. The van der Waals surface area contributed by atoms with E-state index in [9.17, 15) is 0 Å². The van der Waals surface area contributed by atoms with Crippen LogP contribution >= 0.6 is 11.3 Å². The summed E-state index contributed by atoms with van der Waals surface area (Å²) in [6, 6.07) is 3.79. The van der Waals surface area contributed by atoms with Gasteiger partial charge in [0.2, 0.25) is 0 Å². The van der Waals surface area contributed by atoms with Crippen LogP contribution in [0.15, 0.2) is 28.3 Å². The Labute approximate surface area is 111 Å². The summed E-state index contributed by atoms with van der Waals surface area (Å²) in [6.45, 7) is 5.19. The SMILES string of the molecule is Cc1ncsc1CNCCCOCc1ccco1. The fourth-order valence-electron chi connectivity index (χ4n) is 1.56. The van der Waals surface area contributed by atoms with Crippen LogP contribution in [0.5, 0.6) is 0 Å². The van der Waals surface area contributed by atoms with Crippen molar-refractivity contribution >= 4 is 11.3 Å². The van der Waals surface area contributed by atoms with Gasteiger partial charge in [-0.15, -0.1) is 11.3 Å². The van der Waals surface area contributed by atoms with Gasteiger partial charge in [0.15, 0.2) is 0 Å². The lowest BCUT2D eigenvalue weighted by atomic mass is 10.4. The van der Waals surface area contributed by atoms with Gasteiger partial charge in [-0.3, -0.25) is 0 Å². The number of hydrogen-bond acceptors (Lipinski definition) is 5.